The van der Waals surface area contributed by atoms with Gasteiger partial charge in [0.1, 0.15) is 0 Å². The maximum Gasteiger partial charge on any atom is 0.310 e. The van der Waals surface area contributed by atoms with Crippen LogP contribution in [-0.2, 0) is 20.7 Å². The second-order valence-electron chi connectivity index (χ2n) is 4.87. The van der Waals surface area contributed by atoms with E-state index in [2.05, 4.69) is 12.6 Å². The molecule has 2 rings (SSSR count). The number of hydrogen-bond acceptors (Lipinski definition) is 4. The number of para-hydroxylation sites is 1. The number of rotatable bonds is 5. The second kappa shape index (κ2) is 6.79. The van der Waals surface area contributed by atoms with E-state index in [1.807, 2.05) is 24.3 Å². The van der Waals surface area contributed by atoms with E-state index < -0.39 is 0 Å². The van der Waals surface area contributed by atoms with Crippen molar-refractivity contribution in [1.29, 1.82) is 0 Å². The van der Waals surface area contributed by atoms with Crippen molar-refractivity contribution in [2.24, 2.45) is 5.92 Å². The van der Waals surface area contributed by atoms with E-state index in [1.54, 1.807) is 11.8 Å². The standard InChI is InChI=1S/C15H19NO3S/c1-2-19-15(18)8-12-5-3-4-6-13(12)16-9-11(10-20)7-14(16)17/h3-6,11,20H,2,7-10H2,1H3. The molecule has 1 amide bonds. The third-order valence-electron chi connectivity index (χ3n) is 3.39. The lowest BCUT2D eigenvalue weighted by Crippen LogP contribution is -2.26. The summed E-state index contributed by atoms with van der Waals surface area (Å²) in [6.45, 7) is 2.82. The zero-order valence-electron chi connectivity index (χ0n) is 11.5. The van der Waals surface area contributed by atoms with Crippen molar-refractivity contribution in [1.82, 2.24) is 0 Å². The molecule has 0 N–H and O–H groups in total. The Morgan fingerprint density at radius 2 is 2.20 bits per heavy atom. The number of ether oxygens (including phenoxy) is 1. The number of esters is 1. The fourth-order valence-electron chi connectivity index (χ4n) is 2.43. The summed E-state index contributed by atoms with van der Waals surface area (Å²) in [4.78, 5) is 25.5. The van der Waals surface area contributed by atoms with Crippen LogP contribution in [-0.4, -0.2) is 30.8 Å². The smallest absolute Gasteiger partial charge is 0.310 e. The van der Waals surface area contributed by atoms with E-state index >= 15 is 0 Å². The van der Waals surface area contributed by atoms with Gasteiger partial charge in [0, 0.05) is 18.7 Å². The van der Waals surface area contributed by atoms with E-state index in [4.69, 9.17) is 4.74 Å². The summed E-state index contributed by atoms with van der Waals surface area (Å²) < 4.78 is 4.98. The Morgan fingerprint density at radius 3 is 2.85 bits per heavy atom. The highest BCUT2D eigenvalue weighted by Crippen LogP contribution is 2.29. The van der Waals surface area contributed by atoms with Crippen LogP contribution in [0.15, 0.2) is 24.3 Å². The molecular weight excluding hydrogens is 274 g/mol. The molecule has 1 unspecified atom stereocenters. The lowest BCUT2D eigenvalue weighted by molar-refractivity contribution is -0.142. The molecule has 1 heterocycles. The SMILES string of the molecule is CCOC(=O)Cc1ccccc1N1CC(CS)CC1=O. The first-order valence-corrected chi connectivity index (χ1v) is 7.43. The molecule has 108 valence electrons. The first kappa shape index (κ1) is 14.9. The molecule has 1 aliphatic heterocycles. The zero-order chi connectivity index (χ0) is 14.5. The maximum absolute atomic E-state index is 12.1. The highest BCUT2D eigenvalue weighted by Gasteiger charge is 2.30. The van der Waals surface area contributed by atoms with Crippen LogP contribution in [0.1, 0.15) is 18.9 Å². The van der Waals surface area contributed by atoms with Gasteiger partial charge in [-0.1, -0.05) is 18.2 Å². The molecule has 0 radical (unpaired) electrons. The van der Waals surface area contributed by atoms with E-state index in [-0.39, 0.29) is 24.2 Å². The van der Waals surface area contributed by atoms with Gasteiger partial charge in [0.2, 0.25) is 5.91 Å². The minimum Gasteiger partial charge on any atom is -0.466 e. The molecule has 0 spiro atoms. The van der Waals surface area contributed by atoms with Crippen LogP contribution in [0.4, 0.5) is 5.69 Å². The van der Waals surface area contributed by atoms with Crippen molar-refractivity contribution in [3.8, 4) is 0 Å². The van der Waals surface area contributed by atoms with Gasteiger partial charge in [-0.3, -0.25) is 9.59 Å². The van der Waals surface area contributed by atoms with Crippen LogP contribution in [0, 0.1) is 5.92 Å². The molecule has 4 nitrogen and oxygen atoms in total. The first-order chi connectivity index (χ1) is 9.65. The van der Waals surface area contributed by atoms with Gasteiger partial charge in [0.05, 0.1) is 13.0 Å². The largest absolute Gasteiger partial charge is 0.466 e. The molecule has 1 saturated heterocycles. The average Bonchev–Trinajstić information content (AvgIpc) is 2.81. The number of anilines is 1. The Hall–Kier alpha value is -1.49. The molecule has 5 heteroatoms. The van der Waals surface area contributed by atoms with Gasteiger partial charge in [-0.25, -0.2) is 0 Å². The highest BCUT2D eigenvalue weighted by atomic mass is 32.1. The van der Waals surface area contributed by atoms with E-state index in [9.17, 15) is 9.59 Å². The predicted molar refractivity (Wildman–Crippen MR) is 81.1 cm³/mol. The van der Waals surface area contributed by atoms with Crippen LogP contribution in [0.25, 0.3) is 0 Å². The quantitative estimate of drug-likeness (QED) is 0.668. The Labute approximate surface area is 124 Å². The molecule has 0 aliphatic carbocycles. The highest BCUT2D eigenvalue weighted by molar-refractivity contribution is 7.80. The van der Waals surface area contributed by atoms with Crippen molar-refractivity contribution in [3.05, 3.63) is 29.8 Å². The molecule has 20 heavy (non-hydrogen) atoms. The number of benzene rings is 1. The number of carbonyl (C=O) groups is 2. The first-order valence-electron chi connectivity index (χ1n) is 6.80. The van der Waals surface area contributed by atoms with Crippen molar-refractivity contribution in [3.63, 3.8) is 0 Å². The van der Waals surface area contributed by atoms with Crippen molar-refractivity contribution in [2.75, 3.05) is 23.8 Å². The summed E-state index contributed by atoms with van der Waals surface area (Å²) in [5.41, 5.74) is 1.65. The van der Waals surface area contributed by atoms with Crippen LogP contribution in [0.3, 0.4) is 0 Å². The van der Waals surface area contributed by atoms with E-state index in [1.165, 1.54) is 0 Å². The Balaban J connectivity index is 2.19. The molecule has 1 fully saturated rings. The van der Waals surface area contributed by atoms with Crippen LogP contribution >= 0.6 is 12.6 Å². The van der Waals surface area contributed by atoms with Crippen molar-refractivity contribution in [2.45, 2.75) is 19.8 Å². The zero-order valence-corrected chi connectivity index (χ0v) is 12.4. The lowest BCUT2D eigenvalue weighted by Gasteiger charge is -2.20. The van der Waals surface area contributed by atoms with Gasteiger partial charge in [0.25, 0.3) is 0 Å². The summed E-state index contributed by atoms with van der Waals surface area (Å²) in [5, 5.41) is 0. The number of carbonyl (C=O) groups excluding carboxylic acids is 2. The molecule has 0 bridgehead atoms. The number of nitrogens with zero attached hydrogens (tertiary/aromatic N) is 1. The Morgan fingerprint density at radius 1 is 1.45 bits per heavy atom. The Bertz CT molecular complexity index is 504. The topological polar surface area (TPSA) is 46.6 Å². The third kappa shape index (κ3) is 3.33. The minimum atomic E-state index is -0.266. The molecule has 1 aromatic rings. The fourth-order valence-corrected chi connectivity index (χ4v) is 2.67. The fraction of sp³-hybridized carbons (Fsp3) is 0.467. The molecule has 1 aromatic carbocycles. The number of thiol groups is 1. The van der Waals surface area contributed by atoms with Gasteiger partial charge >= 0.3 is 5.97 Å². The minimum absolute atomic E-state index is 0.0976. The third-order valence-corrected chi connectivity index (χ3v) is 3.90. The van der Waals surface area contributed by atoms with Crippen molar-refractivity contribution < 1.29 is 14.3 Å². The number of hydrogen-bond donors (Lipinski definition) is 1. The van der Waals surface area contributed by atoms with Gasteiger partial charge in [-0.05, 0) is 30.2 Å². The monoisotopic (exact) mass is 293 g/mol. The summed E-state index contributed by atoms with van der Waals surface area (Å²) in [6, 6.07) is 7.50. The predicted octanol–water partition coefficient (Wildman–Crippen LogP) is 2.07. The number of amides is 1. The van der Waals surface area contributed by atoms with Crippen LogP contribution in [0.5, 0.6) is 0 Å². The summed E-state index contributed by atoms with van der Waals surface area (Å²) in [6.07, 6.45) is 0.719. The summed E-state index contributed by atoms with van der Waals surface area (Å²) >= 11 is 4.27. The lowest BCUT2D eigenvalue weighted by atomic mass is 10.1. The van der Waals surface area contributed by atoms with Crippen molar-refractivity contribution >= 4 is 30.2 Å². The molecule has 1 atom stereocenters. The summed E-state index contributed by atoms with van der Waals surface area (Å²) in [7, 11) is 0. The maximum atomic E-state index is 12.1. The molecule has 0 aromatic heterocycles. The van der Waals surface area contributed by atoms with Crippen LogP contribution in [0.2, 0.25) is 0 Å². The van der Waals surface area contributed by atoms with E-state index in [0.29, 0.717) is 25.3 Å². The molecule has 0 saturated carbocycles. The normalized spacial score (nSPS) is 18.4. The molecule has 1 aliphatic rings. The summed E-state index contributed by atoms with van der Waals surface area (Å²) in [5.74, 6) is 0.807. The molecular formula is C15H19NO3S. The average molecular weight is 293 g/mol. The second-order valence-corrected chi connectivity index (χ2v) is 5.23. The van der Waals surface area contributed by atoms with Gasteiger partial charge in [-0.15, -0.1) is 0 Å². The van der Waals surface area contributed by atoms with Gasteiger partial charge in [0.15, 0.2) is 0 Å². The Kier molecular flexibility index (Phi) is 5.06. The van der Waals surface area contributed by atoms with Gasteiger partial charge in [-0.2, -0.15) is 12.6 Å². The van der Waals surface area contributed by atoms with E-state index in [0.717, 1.165) is 11.3 Å². The van der Waals surface area contributed by atoms with Gasteiger partial charge < -0.3 is 9.64 Å². The van der Waals surface area contributed by atoms with Crippen LogP contribution < -0.4 is 4.90 Å².